The van der Waals surface area contributed by atoms with Gasteiger partial charge in [0, 0.05) is 5.82 Å². The second-order valence-corrected chi connectivity index (χ2v) is 5.04. The molecule has 18 heavy (non-hydrogen) atoms. The van der Waals surface area contributed by atoms with Crippen molar-refractivity contribution in [3.05, 3.63) is 46.1 Å². The fourth-order valence-electron chi connectivity index (χ4n) is 1.45. The molecule has 0 bridgehead atoms. The van der Waals surface area contributed by atoms with Crippen LogP contribution in [-0.2, 0) is 4.57 Å². The topological polar surface area (TPSA) is 118 Å². The summed E-state index contributed by atoms with van der Waals surface area (Å²) in [7, 11) is -4.34. The average Bonchev–Trinajstić information content (AvgIpc) is 2.31. The maximum absolute atomic E-state index is 11.8. The highest BCUT2D eigenvalue weighted by atomic mass is 31.2. The fraction of sp³-hybridized carbons (Fsp3) is 0. The van der Waals surface area contributed by atoms with Crippen molar-refractivity contribution < 1.29 is 14.4 Å². The Labute approximate surface area is 101 Å². The first kappa shape index (κ1) is 12.5. The molecule has 0 saturated heterocycles. The molecule has 2 rings (SSSR count). The Morgan fingerprint density at radius 3 is 2.67 bits per heavy atom. The van der Waals surface area contributed by atoms with E-state index in [1.54, 1.807) is 24.3 Å². The van der Waals surface area contributed by atoms with Crippen LogP contribution < -0.4 is 11.4 Å². The molecule has 0 saturated carbocycles. The monoisotopic (exact) mass is 267 g/mol. The molecule has 1 heterocycles. The van der Waals surface area contributed by atoms with Crippen LogP contribution in [0.5, 0.6) is 0 Å². The third kappa shape index (κ3) is 2.48. The lowest BCUT2D eigenvalue weighted by atomic mass is 10.3. The van der Waals surface area contributed by atoms with Crippen LogP contribution in [0, 0.1) is 0 Å². The molecule has 0 aliphatic heterocycles. The second kappa shape index (κ2) is 4.38. The van der Waals surface area contributed by atoms with Crippen LogP contribution in [0.3, 0.4) is 0 Å². The van der Waals surface area contributed by atoms with Crippen molar-refractivity contribution >= 4 is 24.7 Å². The molecule has 1 aromatic carbocycles. The first-order chi connectivity index (χ1) is 8.38. The molecule has 2 aromatic rings. The SMILES string of the molecule is Nn1c(=O)c(/C=C/P(=O)(O)O)nc2ccccc21. The Bertz CT molecular complexity index is 731. The number of rotatable bonds is 2. The van der Waals surface area contributed by atoms with Gasteiger partial charge in [-0.3, -0.25) is 9.36 Å². The summed E-state index contributed by atoms with van der Waals surface area (Å²) in [6.07, 6.45) is 0.971. The molecular formula is C10H10N3O4P. The van der Waals surface area contributed by atoms with E-state index >= 15 is 0 Å². The van der Waals surface area contributed by atoms with E-state index < -0.39 is 13.2 Å². The average molecular weight is 267 g/mol. The molecule has 94 valence electrons. The minimum absolute atomic E-state index is 0.125. The van der Waals surface area contributed by atoms with Gasteiger partial charge in [0.05, 0.1) is 11.0 Å². The van der Waals surface area contributed by atoms with E-state index in [-0.39, 0.29) is 5.69 Å². The molecule has 8 heteroatoms. The van der Waals surface area contributed by atoms with Gasteiger partial charge in [-0.15, -0.1) is 0 Å². The van der Waals surface area contributed by atoms with Gasteiger partial charge in [0.1, 0.15) is 5.69 Å². The lowest BCUT2D eigenvalue weighted by Crippen LogP contribution is -2.30. The molecular weight excluding hydrogens is 257 g/mol. The van der Waals surface area contributed by atoms with Crippen molar-refractivity contribution in [2.45, 2.75) is 0 Å². The summed E-state index contributed by atoms with van der Waals surface area (Å²) in [6.45, 7) is 0. The summed E-state index contributed by atoms with van der Waals surface area (Å²) in [6, 6.07) is 6.70. The quantitative estimate of drug-likeness (QED) is 0.530. The molecule has 1 aromatic heterocycles. The Kier molecular flexibility index (Phi) is 3.04. The molecule has 0 fully saturated rings. The molecule has 0 aliphatic rings. The number of hydrogen-bond donors (Lipinski definition) is 3. The second-order valence-electron chi connectivity index (χ2n) is 3.57. The van der Waals surface area contributed by atoms with E-state index in [0.717, 1.165) is 10.8 Å². The van der Waals surface area contributed by atoms with Crippen LogP contribution >= 0.6 is 7.60 Å². The number of nitrogen functional groups attached to an aromatic ring is 1. The molecule has 0 radical (unpaired) electrons. The first-order valence-corrected chi connectivity index (χ1v) is 6.58. The highest BCUT2D eigenvalue weighted by molar-refractivity contribution is 7.55. The lowest BCUT2D eigenvalue weighted by molar-refractivity contribution is 0.386. The number of nitrogens with two attached hydrogens (primary N) is 1. The predicted molar refractivity (Wildman–Crippen MR) is 67.2 cm³/mol. The van der Waals surface area contributed by atoms with Gasteiger partial charge in [-0.05, 0) is 18.2 Å². The Balaban J connectivity index is 2.67. The van der Waals surface area contributed by atoms with E-state index in [2.05, 4.69) is 4.98 Å². The number of hydrogen-bond acceptors (Lipinski definition) is 4. The van der Waals surface area contributed by atoms with E-state index in [1.807, 2.05) is 0 Å². The van der Waals surface area contributed by atoms with Gasteiger partial charge in [0.25, 0.3) is 5.56 Å². The van der Waals surface area contributed by atoms with E-state index in [0.29, 0.717) is 16.9 Å². The predicted octanol–water partition coefficient (Wildman–Crippen LogP) is 0.259. The van der Waals surface area contributed by atoms with Gasteiger partial charge in [0.15, 0.2) is 0 Å². The lowest BCUT2D eigenvalue weighted by Gasteiger charge is -2.05. The third-order valence-electron chi connectivity index (χ3n) is 2.25. The Morgan fingerprint density at radius 1 is 1.33 bits per heavy atom. The molecule has 0 aliphatic carbocycles. The van der Waals surface area contributed by atoms with E-state index in [1.165, 1.54) is 0 Å². The fourth-order valence-corrected chi connectivity index (χ4v) is 1.78. The zero-order valence-corrected chi connectivity index (χ0v) is 9.99. The summed E-state index contributed by atoms with van der Waals surface area (Å²) >= 11 is 0. The number of nitrogens with zero attached hydrogens (tertiary/aromatic N) is 2. The van der Waals surface area contributed by atoms with Gasteiger partial charge in [-0.1, -0.05) is 12.1 Å². The van der Waals surface area contributed by atoms with Gasteiger partial charge >= 0.3 is 7.60 Å². The summed E-state index contributed by atoms with van der Waals surface area (Å²) in [5, 5.41) is 0. The number of aromatic nitrogens is 2. The van der Waals surface area contributed by atoms with Gasteiger partial charge in [-0.2, -0.15) is 0 Å². The van der Waals surface area contributed by atoms with Crippen LogP contribution in [0.2, 0.25) is 0 Å². The van der Waals surface area contributed by atoms with E-state index in [4.69, 9.17) is 15.6 Å². The van der Waals surface area contributed by atoms with Crippen molar-refractivity contribution in [2.75, 3.05) is 5.84 Å². The molecule has 0 unspecified atom stereocenters. The number of fused-ring (bicyclic) bond motifs is 1. The molecule has 0 amide bonds. The maximum atomic E-state index is 11.8. The Morgan fingerprint density at radius 2 is 2.00 bits per heavy atom. The smallest absolute Gasteiger partial charge is 0.336 e. The summed E-state index contributed by atoms with van der Waals surface area (Å²) in [5.41, 5.74) is 0.152. The van der Waals surface area contributed by atoms with Gasteiger partial charge in [-0.25, -0.2) is 9.66 Å². The minimum Gasteiger partial charge on any atom is -0.336 e. The molecule has 0 spiro atoms. The highest BCUT2D eigenvalue weighted by Crippen LogP contribution is 2.36. The molecule has 4 N–H and O–H groups in total. The summed E-state index contributed by atoms with van der Waals surface area (Å²) in [5.74, 6) is 6.21. The molecule has 7 nitrogen and oxygen atoms in total. The van der Waals surface area contributed by atoms with Crippen molar-refractivity contribution in [2.24, 2.45) is 0 Å². The molecule has 0 atom stereocenters. The largest absolute Gasteiger partial charge is 0.349 e. The van der Waals surface area contributed by atoms with Crippen molar-refractivity contribution in [1.82, 2.24) is 9.66 Å². The van der Waals surface area contributed by atoms with Crippen LogP contribution in [0.15, 0.2) is 34.9 Å². The van der Waals surface area contributed by atoms with Crippen LogP contribution in [-0.4, -0.2) is 19.4 Å². The number of benzene rings is 1. The van der Waals surface area contributed by atoms with Crippen LogP contribution in [0.4, 0.5) is 0 Å². The van der Waals surface area contributed by atoms with Crippen molar-refractivity contribution in [3.63, 3.8) is 0 Å². The Hall–Kier alpha value is -1.95. The van der Waals surface area contributed by atoms with Crippen molar-refractivity contribution in [1.29, 1.82) is 0 Å². The summed E-state index contributed by atoms with van der Waals surface area (Å²) in [4.78, 5) is 33.2. The normalized spacial score (nSPS) is 12.3. The van der Waals surface area contributed by atoms with Gasteiger partial charge in [0.2, 0.25) is 0 Å². The van der Waals surface area contributed by atoms with Crippen LogP contribution in [0.25, 0.3) is 17.1 Å². The maximum Gasteiger partial charge on any atom is 0.349 e. The van der Waals surface area contributed by atoms with Crippen molar-refractivity contribution in [3.8, 4) is 0 Å². The van der Waals surface area contributed by atoms with Gasteiger partial charge < -0.3 is 15.6 Å². The third-order valence-corrected chi connectivity index (χ3v) is 2.78. The number of para-hydroxylation sites is 2. The van der Waals surface area contributed by atoms with E-state index in [9.17, 15) is 9.36 Å². The zero-order chi connectivity index (χ0) is 13.3. The minimum atomic E-state index is -4.34. The van der Waals surface area contributed by atoms with Crippen LogP contribution in [0.1, 0.15) is 5.69 Å². The first-order valence-electron chi connectivity index (χ1n) is 4.90. The summed E-state index contributed by atoms with van der Waals surface area (Å²) < 4.78 is 11.6. The standard InChI is InChI=1S/C10H10N3O4P/c11-13-9-4-2-1-3-7(9)12-8(10(13)14)5-6-18(15,16)17/h1-6H,11H2,(H2,15,16,17)/b6-5+. The highest BCUT2D eigenvalue weighted by Gasteiger charge is 2.10. The zero-order valence-electron chi connectivity index (χ0n) is 9.09.